The highest BCUT2D eigenvalue weighted by Gasteiger charge is 2.38. The van der Waals surface area contributed by atoms with Crippen molar-refractivity contribution in [2.75, 3.05) is 18.0 Å². The fourth-order valence-electron chi connectivity index (χ4n) is 2.54. The van der Waals surface area contributed by atoms with Gasteiger partial charge in [-0.3, -0.25) is 0 Å². The van der Waals surface area contributed by atoms with Crippen LogP contribution in [-0.4, -0.2) is 25.3 Å². The number of fused-ring (bicyclic) bond motifs is 2. The van der Waals surface area contributed by atoms with Crippen LogP contribution in [0, 0.1) is 0 Å². The Hall–Kier alpha value is -1.06. The highest BCUT2D eigenvalue weighted by Crippen LogP contribution is 2.32. The summed E-state index contributed by atoms with van der Waals surface area (Å²) in [6, 6.07) is 8.39. The van der Waals surface area contributed by atoms with Gasteiger partial charge in [0.25, 0.3) is 0 Å². The molecule has 0 amide bonds. The van der Waals surface area contributed by atoms with Crippen LogP contribution < -0.4 is 10.6 Å². The number of morpholine rings is 1. The Bertz CT molecular complexity index is 350. The third-order valence-corrected chi connectivity index (χ3v) is 3.31. The van der Waals surface area contributed by atoms with Crippen molar-refractivity contribution in [3.63, 3.8) is 0 Å². The van der Waals surface area contributed by atoms with E-state index in [0.29, 0.717) is 18.8 Å². The number of ether oxygens (including phenoxy) is 1. The predicted octanol–water partition coefficient (Wildman–Crippen LogP) is 1.12. The minimum Gasteiger partial charge on any atom is -0.371 e. The van der Waals surface area contributed by atoms with Gasteiger partial charge in [0.15, 0.2) is 0 Å². The van der Waals surface area contributed by atoms with Crippen LogP contribution in [0.5, 0.6) is 0 Å². The van der Waals surface area contributed by atoms with Crippen LogP contribution in [0.3, 0.4) is 0 Å². The number of benzene rings is 1. The molecule has 3 heteroatoms. The summed E-state index contributed by atoms with van der Waals surface area (Å²) in [4.78, 5) is 2.41. The summed E-state index contributed by atoms with van der Waals surface area (Å²) in [5, 5.41) is 0. The number of para-hydroxylation sites is 1. The molecule has 3 heterocycles. The van der Waals surface area contributed by atoms with Crippen molar-refractivity contribution in [3.8, 4) is 0 Å². The maximum absolute atomic E-state index is 5.75. The van der Waals surface area contributed by atoms with E-state index in [0.717, 1.165) is 13.1 Å². The van der Waals surface area contributed by atoms with Gasteiger partial charge in [-0.15, -0.1) is 0 Å². The standard InChI is InChI=1S/C12H16N2O/c13-6-9-3-1-2-4-12(9)14-7-10-5-11(8-14)15-10/h1-4,10-11H,5-8,13H2. The van der Waals surface area contributed by atoms with E-state index in [1.807, 2.05) is 6.07 Å². The van der Waals surface area contributed by atoms with Gasteiger partial charge in [0, 0.05) is 31.7 Å². The lowest BCUT2D eigenvalue weighted by atomic mass is 9.97. The molecule has 0 aromatic heterocycles. The lowest BCUT2D eigenvalue weighted by Crippen LogP contribution is -2.57. The number of nitrogens with zero attached hydrogens (tertiary/aromatic N) is 1. The van der Waals surface area contributed by atoms with Gasteiger partial charge in [0.2, 0.25) is 0 Å². The van der Waals surface area contributed by atoms with Crippen molar-refractivity contribution in [3.05, 3.63) is 29.8 Å². The van der Waals surface area contributed by atoms with Crippen molar-refractivity contribution in [1.29, 1.82) is 0 Å². The van der Waals surface area contributed by atoms with Gasteiger partial charge in [0.1, 0.15) is 0 Å². The van der Waals surface area contributed by atoms with E-state index in [9.17, 15) is 0 Å². The molecule has 0 radical (unpaired) electrons. The zero-order valence-electron chi connectivity index (χ0n) is 8.73. The second kappa shape index (κ2) is 3.51. The average molecular weight is 204 g/mol. The molecule has 0 spiro atoms. The Morgan fingerprint density at radius 2 is 1.93 bits per heavy atom. The molecule has 4 rings (SSSR count). The van der Waals surface area contributed by atoms with E-state index in [4.69, 9.17) is 10.5 Å². The van der Waals surface area contributed by atoms with Crippen molar-refractivity contribution in [2.45, 2.75) is 25.2 Å². The lowest BCUT2D eigenvalue weighted by Gasteiger charge is -2.48. The van der Waals surface area contributed by atoms with Gasteiger partial charge in [-0.1, -0.05) is 18.2 Å². The highest BCUT2D eigenvalue weighted by atomic mass is 16.5. The number of hydrogen-bond acceptors (Lipinski definition) is 3. The largest absolute Gasteiger partial charge is 0.371 e. The van der Waals surface area contributed by atoms with Crippen LogP contribution in [0.1, 0.15) is 12.0 Å². The first-order chi connectivity index (χ1) is 7.36. The Morgan fingerprint density at radius 3 is 2.60 bits per heavy atom. The predicted molar refractivity (Wildman–Crippen MR) is 59.8 cm³/mol. The van der Waals surface area contributed by atoms with Crippen LogP contribution in [0.15, 0.2) is 24.3 Å². The molecule has 3 aliphatic heterocycles. The Kier molecular flexibility index (Phi) is 2.15. The first kappa shape index (κ1) is 9.19. The van der Waals surface area contributed by atoms with Gasteiger partial charge in [-0.2, -0.15) is 0 Å². The third kappa shape index (κ3) is 1.52. The molecule has 2 atom stereocenters. The molecule has 3 fully saturated rings. The summed E-state index contributed by atoms with van der Waals surface area (Å²) < 4.78 is 5.63. The zero-order valence-corrected chi connectivity index (χ0v) is 8.73. The molecule has 3 aliphatic rings. The summed E-state index contributed by atoms with van der Waals surface area (Å²) in [7, 11) is 0. The Labute approximate surface area is 89.8 Å². The van der Waals surface area contributed by atoms with Crippen LogP contribution in [0.4, 0.5) is 5.69 Å². The average Bonchev–Trinajstić information content (AvgIpc) is 2.28. The molecule has 2 bridgehead atoms. The number of hydrogen-bond donors (Lipinski definition) is 1. The molecule has 3 nitrogen and oxygen atoms in total. The maximum Gasteiger partial charge on any atom is 0.0780 e. The zero-order chi connectivity index (χ0) is 10.3. The lowest BCUT2D eigenvalue weighted by molar-refractivity contribution is -0.133. The molecular weight excluding hydrogens is 188 g/mol. The normalized spacial score (nSPS) is 28.7. The minimum atomic E-state index is 0.453. The molecule has 3 saturated heterocycles. The number of anilines is 1. The van der Waals surface area contributed by atoms with Crippen molar-refractivity contribution < 1.29 is 4.74 Å². The van der Waals surface area contributed by atoms with E-state index >= 15 is 0 Å². The van der Waals surface area contributed by atoms with Crippen LogP contribution >= 0.6 is 0 Å². The fraction of sp³-hybridized carbons (Fsp3) is 0.500. The summed E-state index contributed by atoms with van der Waals surface area (Å²) >= 11 is 0. The van der Waals surface area contributed by atoms with Crippen molar-refractivity contribution >= 4 is 5.69 Å². The van der Waals surface area contributed by atoms with Gasteiger partial charge in [0.05, 0.1) is 12.2 Å². The minimum absolute atomic E-state index is 0.453. The van der Waals surface area contributed by atoms with E-state index < -0.39 is 0 Å². The van der Waals surface area contributed by atoms with E-state index in [1.54, 1.807) is 0 Å². The molecule has 0 saturated carbocycles. The SMILES string of the molecule is NCc1ccccc1N1CC2CC(C1)O2. The fourth-order valence-corrected chi connectivity index (χ4v) is 2.54. The summed E-state index contributed by atoms with van der Waals surface area (Å²) in [6.07, 6.45) is 2.14. The molecule has 80 valence electrons. The summed E-state index contributed by atoms with van der Waals surface area (Å²) in [6.45, 7) is 2.66. The van der Waals surface area contributed by atoms with Crippen molar-refractivity contribution in [2.24, 2.45) is 5.73 Å². The van der Waals surface area contributed by atoms with Gasteiger partial charge in [-0.25, -0.2) is 0 Å². The quantitative estimate of drug-likeness (QED) is 0.784. The topological polar surface area (TPSA) is 38.5 Å². The number of nitrogens with two attached hydrogens (primary N) is 1. The van der Waals surface area contributed by atoms with Crippen LogP contribution in [0.25, 0.3) is 0 Å². The van der Waals surface area contributed by atoms with Gasteiger partial charge >= 0.3 is 0 Å². The molecule has 2 N–H and O–H groups in total. The number of rotatable bonds is 2. The second-order valence-corrected chi connectivity index (χ2v) is 4.35. The van der Waals surface area contributed by atoms with Gasteiger partial charge in [-0.05, 0) is 11.6 Å². The molecule has 2 unspecified atom stereocenters. The Balaban J connectivity index is 1.85. The van der Waals surface area contributed by atoms with E-state index in [1.165, 1.54) is 17.7 Å². The summed E-state index contributed by atoms with van der Waals surface area (Å²) in [5.41, 5.74) is 8.27. The van der Waals surface area contributed by atoms with Crippen LogP contribution in [-0.2, 0) is 11.3 Å². The monoisotopic (exact) mass is 204 g/mol. The Morgan fingerprint density at radius 1 is 1.27 bits per heavy atom. The van der Waals surface area contributed by atoms with Crippen molar-refractivity contribution in [1.82, 2.24) is 0 Å². The van der Waals surface area contributed by atoms with E-state index in [2.05, 4.69) is 23.1 Å². The first-order valence-corrected chi connectivity index (χ1v) is 5.55. The highest BCUT2D eigenvalue weighted by molar-refractivity contribution is 5.54. The smallest absolute Gasteiger partial charge is 0.0780 e. The first-order valence-electron chi connectivity index (χ1n) is 5.55. The molecule has 0 aliphatic carbocycles. The molecular formula is C12H16N2O. The third-order valence-electron chi connectivity index (χ3n) is 3.31. The van der Waals surface area contributed by atoms with E-state index in [-0.39, 0.29) is 0 Å². The molecule has 15 heavy (non-hydrogen) atoms. The maximum atomic E-state index is 5.75. The second-order valence-electron chi connectivity index (χ2n) is 4.35. The summed E-state index contributed by atoms with van der Waals surface area (Å²) in [5.74, 6) is 0. The van der Waals surface area contributed by atoms with Gasteiger partial charge < -0.3 is 15.4 Å². The molecule has 1 aromatic rings. The number of piperidine rings is 1. The molecule has 1 aromatic carbocycles. The van der Waals surface area contributed by atoms with Crippen LogP contribution in [0.2, 0.25) is 0 Å².